The van der Waals surface area contributed by atoms with Gasteiger partial charge < -0.3 is 20.2 Å². The Kier molecular flexibility index (Phi) is 9.08. The molecule has 1 atom stereocenters. The van der Waals surface area contributed by atoms with Crippen LogP contribution >= 0.6 is 0 Å². The first-order valence-corrected chi connectivity index (χ1v) is 11.8. The zero-order chi connectivity index (χ0) is 26.3. The minimum Gasteiger partial charge on any atom is -0.481 e. The number of likely N-dealkylation sites (N-methyl/N-ethyl adjacent to an activating group) is 1. The molecule has 0 aliphatic carbocycles. The Bertz CT molecular complexity index is 1070. The lowest BCUT2D eigenvalue weighted by atomic mass is 10.0. The highest BCUT2D eigenvalue weighted by Crippen LogP contribution is 2.30. The number of likely N-dealkylation sites (tertiary alicyclic amines) is 1. The van der Waals surface area contributed by atoms with Crippen molar-refractivity contribution in [3.8, 4) is 0 Å². The van der Waals surface area contributed by atoms with E-state index >= 15 is 0 Å². The minimum atomic E-state index is -4.44. The van der Waals surface area contributed by atoms with Crippen molar-refractivity contribution in [3.05, 3.63) is 65.2 Å². The number of aliphatic carboxylic acids is 1. The molecule has 10 heteroatoms. The molecule has 7 nitrogen and oxygen atoms in total. The molecule has 1 fully saturated rings. The van der Waals surface area contributed by atoms with Gasteiger partial charge in [-0.25, -0.2) is 0 Å². The number of amides is 2. The van der Waals surface area contributed by atoms with E-state index in [1.54, 1.807) is 30.1 Å². The maximum Gasteiger partial charge on any atom is 0.416 e. The average Bonchev–Trinajstić information content (AvgIpc) is 3.34. The first kappa shape index (κ1) is 27.2. The van der Waals surface area contributed by atoms with Gasteiger partial charge in [0.05, 0.1) is 24.4 Å². The molecule has 0 spiro atoms. The number of carboxylic acids is 1. The number of anilines is 1. The van der Waals surface area contributed by atoms with Crippen LogP contribution in [0.1, 0.15) is 48.4 Å². The standard InChI is InChI=1S/C26H30F3N3O4/c1-31(24(34)15-18-7-9-20(10-8-18)26(27,28)29)22(17-32-13-2-3-14-32)19-5-4-6-21(16-19)30-23(33)11-12-25(35)36/h4-10,16,22H,2-3,11-15,17H2,1H3,(H,30,33)(H,35,36)/t22-/m1/s1. The third-order valence-corrected chi connectivity index (χ3v) is 6.25. The quantitative estimate of drug-likeness (QED) is 0.501. The third kappa shape index (κ3) is 7.81. The lowest BCUT2D eigenvalue weighted by Gasteiger charge is -2.32. The van der Waals surface area contributed by atoms with Gasteiger partial charge in [0.15, 0.2) is 0 Å². The smallest absolute Gasteiger partial charge is 0.416 e. The van der Waals surface area contributed by atoms with Gasteiger partial charge in [-0.2, -0.15) is 13.2 Å². The van der Waals surface area contributed by atoms with Gasteiger partial charge in [0.2, 0.25) is 11.8 Å². The fourth-order valence-corrected chi connectivity index (χ4v) is 4.21. The molecule has 1 aliphatic rings. The maximum absolute atomic E-state index is 13.2. The zero-order valence-electron chi connectivity index (χ0n) is 20.1. The summed E-state index contributed by atoms with van der Waals surface area (Å²) < 4.78 is 38.6. The van der Waals surface area contributed by atoms with Gasteiger partial charge in [-0.3, -0.25) is 14.4 Å². The molecule has 0 bridgehead atoms. The van der Waals surface area contributed by atoms with Gasteiger partial charge >= 0.3 is 12.1 Å². The zero-order valence-corrected chi connectivity index (χ0v) is 20.1. The number of benzene rings is 2. The SMILES string of the molecule is CN(C(=O)Cc1ccc(C(F)(F)F)cc1)[C@H](CN1CCCC1)c1cccc(NC(=O)CCC(=O)O)c1. The monoisotopic (exact) mass is 505 g/mol. The van der Waals surface area contributed by atoms with Gasteiger partial charge in [0.25, 0.3) is 0 Å². The lowest BCUT2D eigenvalue weighted by molar-refractivity contribution is -0.138. The van der Waals surface area contributed by atoms with E-state index in [4.69, 9.17) is 5.11 Å². The lowest BCUT2D eigenvalue weighted by Crippen LogP contribution is -2.39. The van der Waals surface area contributed by atoms with Crippen molar-refractivity contribution in [3.63, 3.8) is 0 Å². The molecule has 0 saturated carbocycles. The summed E-state index contributed by atoms with van der Waals surface area (Å²) in [4.78, 5) is 39.8. The molecule has 0 unspecified atom stereocenters. The molecule has 1 saturated heterocycles. The van der Waals surface area contributed by atoms with Gasteiger partial charge in [0.1, 0.15) is 0 Å². The van der Waals surface area contributed by atoms with Crippen LogP contribution in [-0.2, 0) is 27.0 Å². The van der Waals surface area contributed by atoms with Crippen LogP contribution in [0.15, 0.2) is 48.5 Å². The molecular weight excluding hydrogens is 475 g/mol. The largest absolute Gasteiger partial charge is 0.481 e. The highest BCUT2D eigenvalue weighted by atomic mass is 19.4. The van der Waals surface area contributed by atoms with E-state index in [2.05, 4.69) is 10.2 Å². The highest BCUT2D eigenvalue weighted by molar-refractivity contribution is 5.92. The van der Waals surface area contributed by atoms with Crippen LogP contribution in [0.5, 0.6) is 0 Å². The molecule has 1 heterocycles. The number of rotatable bonds is 10. The van der Waals surface area contributed by atoms with Crippen LogP contribution in [0.4, 0.5) is 18.9 Å². The van der Waals surface area contributed by atoms with E-state index < -0.39 is 23.6 Å². The molecule has 2 N–H and O–H groups in total. The molecule has 0 aromatic heterocycles. The molecule has 194 valence electrons. The predicted octanol–water partition coefficient (Wildman–Crippen LogP) is 4.35. The van der Waals surface area contributed by atoms with E-state index in [-0.39, 0.29) is 31.2 Å². The summed E-state index contributed by atoms with van der Waals surface area (Å²) in [6.45, 7) is 2.39. The molecule has 3 rings (SSSR count). The summed E-state index contributed by atoms with van der Waals surface area (Å²) in [5, 5.41) is 11.5. The number of alkyl halides is 3. The molecule has 1 aliphatic heterocycles. The highest BCUT2D eigenvalue weighted by Gasteiger charge is 2.30. The summed E-state index contributed by atoms with van der Waals surface area (Å²) in [5.74, 6) is -1.72. The van der Waals surface area contributed by atoms with E-state index in [1.165, 1.54) is 12.1 Å². The molecule has 36 heavy (non-hydrogen) atoms. The van der Waals surface area contributed by atoms with Crippen LogP contribution in [0, 0.1) is 0 Å². The van der Waals surface area contributed by atoms with Crippen molar-refractivity contribution >= 4 is 23.5 Å². The number of nitrogens with zero attached hydrogens (tertiary/aromatic N) is 2. The second-order valence-electron chi connectivity index (χ2n) is 8.97. The van der Waals surface area contributed by atoms with Crippen LogP contribution < -0.4 is 5.32 Å². The fourth-order valence-electron chi connectivity index (χ4n) is 4.21. The molecule has 0 radical (unpaired) electrons. The van der Waals surface area contributed by atoms with Gasteiger partial charge in [-0.05, 0) is 61.3 Å². The topological polar surface area (TPSA) is 90.0 Å². The van der Waals surface area contributed by atoms with Crippen LogP contribution in [0.25, 0.3) is 0 Å². The predicted molar refractivity (Wildman–Crippen MR) is 128 cm³/mol. The summed E-state index contributed by atoms with van der Waals surface area (Å²) in [6.07, 6.45) is -2.78. The number of hydrogen-bond donors (Lipinski definition) is 2. The molecule has 2 amide bonds. The van der Waals surface area contributed by atoms with Crippen molar-refractivity contribution in [2.75, 3.05) is 32.0 Å². The van der Waals surface area contributed by atoms with E-state index in [1.807, 2.05) is 6.07 Å². The van der Waals surface area contributed by atoms with E-state index in [0.717, 1.165) is 43.6 Å². The van der Waals surface area contributed by atoms with Crippen molar-refractivity contribution in [1.29, 1.82) is 0 Å². The first-order chi connectivity index (χ1) is 17.0. The number of hydrogen-bond acceptors (Lipinski definition) is 4. The Balaban J connectivity index is 1.76. The molecular formula is C26H30F3N3O4. The Labute approximate surface area is 207 Å². The summed E-state index contributed by atoms with van der Waals surface area (Å²) in [5.41, 5.74) is 1.01. The summed E-state index contributed by atoms with van der Waals surface area (Å²) in [6, 6.07) is 11.3. The Morgan fingerprint density at radius 3 is 2.33 bits per heavy atom. The maximum atomic E-state index is 13.2. The molecule has 2 aromatic rings. The number of carboxylic acid groups (broad SMARTS) is 1. The van der Waals surface area contributed by atoms with Crippen molar-refractivity contribution in [1.82, 2.24) is 9.80 Å². The number of nitrogens with one attached hydrogen (secondary N) is 1. The molecule has 2 aromatic carbocycles. The first-order valence-electron chi connectivity index (χ1n) is 11.8. The summed E-state index contributed by atoms with van der Waals surface area (Å²) in [7, 11) is 1.67. The second kappa shape index (κ2) is 12.0. The van der Waals surface area contributed by atoms with Crippen molar-refractivity contribution in [2.45, 2.75) is 44.3 Å². The minimum absolute atomic E-state index is 0.0449. The average molecular weight is 506 g/mol. The third-order valence-electron chi connectivity index (χ3n) is 6.25. The van der Waals surface area contributed by atoms with Crippen molar-refractivity contribution < 1.29 is 32.7 Å². The van der Waals surface area contributed by atoms with E-state index in [0.29, 0.717) is 17.8 Å². The van der Waals surface area contributed by atoms with Crippen LogP contribution in [0.2, 0.25) is 0 Å². The van der Waals surface area contributed by atoms with Gasteiger partial charge in [0, 0.05) is 25.7 Å². The second-order valence-corrected chi connectivity index (χ2v) is 8.97. The fraction of sp³-hybridized carbons (Fsp3) is 0.423. The number of halogens is 3. The van der Waals surface area contributed by atoms with Crippen LogP contribution in [-0.4, -0.2) is 59.4 Å². The number of carbonyl (C=O) groups excluding carboxylic acids is 2. The normalized spacial score (nSPS) is 14.9. The van der Waals surface area contributed by atoms with Crippen LogP contribution in [0.3, 0.4) is 0 Å². The van der Waals surface area contributed by atoms with E-state index in [9.17, 15) is 27.6 Å². The van der Waals surface area contributed by atoms with Gasteiger partial charge in [-0.1, -0.05) is 24.3 Å². The van der Waals surface area contributed by atoms with Gasteiger partial charge in [-0.15, -0.1) is 0 Å². The summed E-state index contributed by atoms with van der Waals surface area (Å²) >= 11 is 0. The Hall–Kier alpha value is -3.40. The Morgan fingerprint density at radius 1 is 1.06 bits per heavy atom. The number of carbonyl (C=O) groups is 3. The Morgan fingerprint density at radius 2 is 1.72 bits per heavy atom. The van der Waals surface area contributed by atoms with Crippen molar-refractivity contribution in [2.24, 2.45) is 0 Å².